The van der Waals surface area contributed by atoms with Gasteiger partial charge in [0.1, 0.15) is 5.75 Å². The Kier molecular flexibility index (Phi) is 5.40. The first-order valence-electron chi connectivity index (χ1n) is 9.17. The zero-order chi connectivity index (χ0) is 19.5. The molecular formula is C20H22N4O3S. The summed E-state index contributed by atoms with van der Waals surface area (Å²) >= 11 is 1.58. The van der Waals surface area contributed by atoms with Crippen LogP contribution >= 0.6 is 11.3 Å². The number of aryl methyl sites for hydroxylation is 1. The van der Waals surface area contributed by atoms with E-state index in [0.29, 0.717) is 36.9 Å². The second kappa shape index (κ2) is 8.12. The number of ether oxygens (including phenoxy) is 1. The molecule has 28 heavy (non-hydrogen) atoms. The fourth-order valence-electron chi connectivity index (χ4n) is 3.26. The Hall–Kier alpha value is -2.71. The van der Waals surface area contributed by atoms with Crippen molar-refractivity contribution in [2.45, 2.75) is 13.5 Å². The molecule has 8 heteroatoms. The largest absolute Gasteiger partial charge is 0.496 e. The molecular weight excluding hydrogens is 376 g/mol. The van der Waals surface area contributed by atoms with Crippen LogP contribution in [0.25, 0.3) is 10.8 Å². The zero-order valence-electron chi connectivity index (χ0n) is 15.9. The fraction of sp³-hybridized carbons (Fsp3) is 0.350. The molecule has 0 unspecified atom stereocenters. The van der Waals surface area contributed by atoms with Gasteiger partial charge in [-0.3, -0.25) is 9.69 Å². The topological polar surface area (TPSA) is 71.7 Å². The number of amides is 1. The molecule has 4 rings (SSSR count). The van der Waals surface area contributed by atoms with Gasteiger partial charge in [-0.15, -0.1) is 11.3 Å². The lowest BCUT2D eigenvalue weighted by Gasteiger charge is -2.34. The number of piperazine rings is 1. The van der Waals surface area contributed by atoms with Crippen LogP contribution in [0.5, 0.6) is 5.75 Å². The van der Waals surface area contributed by atoms with Gasteiger partial charge in [-0.1, -0.05) is 17.3 Å². The van der Waals surface area contributed by atoms with Gasteiger partial charge >= 0.3 is 0 Å². The molecule has 1 aliphatic heterocycles. The molecule has 3 heterocycles. The summed E-state index contributed by atoms with van der Waals surface area (Å²) in [6.07, 6.45) is 0. The molecule has 0 N–H and O–H groups in total. The van der Waals surface area contributed by atoms with Crippen LogP contribution in [0.3, 0.4) is 0 Å². The maximum absolute atomic E-state index is 12.8. The number of benzene rings is 1. The lowest BCUT2D eigenvalue weighted by Crippen LogP contribution is -2.48. The van der Waals surface area contributed by atoms with Crippen LogP contribution in [0, 0.1) is 6.92 Å². The third-order valence-corrected chi connectivity index (χ3v) is 5.74. The molecule has 1 saturated heterocycles. The summed E-state index contributed by atoms with van der Waals surface area (Å²) in [5, 5.41) is 6.06. The summed E-state index contributed by atoms with van der Waals surface area (Å²) < 4.78 is 10.7. The van der Waals surface area contributed by atoms with E-state index in [9.17, 15) is 4.79 Å². The van der Waals surface area contributed by atoms with Gasteiger partial charge in [0.05, 0.1) is 18.5 Å². The molecule has 7 nitrogen and oxygen atoms in total. The maximum Gasteiger partial charge on any atom is 0.268 e. The summed E-state index contributed by atoms with van der Waals surface area (Å²) in [5.74, 6) is 2.01. The Labute approximate surface area is 167 Å². The predicted molar refractivity (Wildman–Crippen MR) is 107 cm³/mol. The van der Waals surface area contributed by atoms with Crippen molar-refractivity contribution in [3.05, 3.63) is 52.7 Å². The van der Waals surface area contributed by atoms with Crippen LogP contribution in [0.2, 0.25) is 0 Å². The summed E-state index contributed by atoms with van der Waals surface area (Å²) in [6, 6.07) is 9.52. The number of nitrogens with zero attached hydrogens (tertiary/aromatic N) is 4. The minimum Gasteiger partial charge on any atom is -0.496 e. The van der Waals surface area contributed by atoms with Gasteiger partial charge < -0.3 is 14.2 Å². The van der Waals surface area contributed by atoms with Gasteiger partial charge in [0, 0.05) is 31.7 Å². The first-order valence-corrected chi connectivity index (χ1v) is 10.0. The lowest BCUT2D eigenvalue weighted by atomic mass is 10.1. The molecule has 1 aromatic carbocycles. The highest BCUT2D eigenvalue weighted by molar-refractivity contribution is 7.13. The monoisotopic (exact) mass is 398 g/mol. The van der Waals surface area contributed by atoms with E-state index in [2.05, 4.69) is 15.0 Å². The van der Waals surface area contributed by atoms with Gasteiger partial charge in [-0.05, 0) is 36.1 Å². The molecule has 0 bridgehead atoms. The molecule has 3 aromatic rings. The number of rotatable bonds is 5. The number of carbonyl (C=O) groups excluding carboxylic acids is 1. The Bertz CT molecular complexity index is 946. The first-order chi connectivity index (χ1) is 13.6. The summed E-state index contributed by atoms with van der Waals surface area (Å²) in [4.78, 5) is 22.4. The van der Waals surface area contributed by atoms with Gasteiger partial charge in [0.15, 0.2) is 5.82 Å². The normalized spacial score (nSPS) is 15.0. The van der Waals surface area contributed by atoms with E-state index >= 15 is 0 Å². The zero-order valence-corrected chi connectivity index (χ0v) is 16.7. The highest BCUT2D eigenvalue weighted by Gasteiger charge is 2.24. The van der Waals surface area contributed by atoms with Gasteiger partial charge in [0.25, 0.3) is 11.8 Å². The summed E-state index contributed by atoms with van der Waals surface area (Å²) in [7, 11) is 1.62. The standard InChI is InChI=1S/C20H22N4O3S/c1-14-5-6-15(12-16(14)26-2)20(25)24-9-7-23(8-10-24)13-18-21-19(27-22-18)17-4-3-11-28-17/h3-6,11-12H,7-10,13H2,1-2H3. The average Bonchev–Trinajstić information content (AvgIpc) is 3.40. The smallest absolute Gasteiger partial charge is 0.268 e. The molecule has 0 spiro atoms. The highest BCUT2D eigenvalue weighted by Crippen LogP contribution is 2.23. The van der Waals surface area contributed by atoms with Crippen molar-refractivity contribution < 1.29 is 14.1 Å². The second-order valence-corrected chi connectivity index (χ2v) is 7.69. The van der Waals surface area contributed by atoms with Crippen molar-refractivity contribution in [3.63, 3.8) is 0 Å². The van der Waals surface area contributed by atoms with Crippen LogP contribution in [-0.4, -0.2) is 59.1 Å². The van der Waals surface area contributed by atoms with E-state index < -0.39 is 0 Å². The van der Waals surface area contributed by atoms with Crippen LogP contribution in [0.15, 0.2) is 40.2 Å². The molecule has 0 radical (unpaired) electrons. The molecule has 1 aliphatic rings. The Morgan fingerprint density at radius 1 is 1.25 bits per heavy atom. The van der Waals surface area contributed by atoms with E-state index in [-0.39, 0.29) is 5.91 Å². The fourth-order valence-corrected chi connectivity index (χ4v) is 3.91. The van der Waals surface area contributed by atoms with Crippen molar-refractivity contribution in [1.82, 2.24) is 19.9 Å². The minimum absolute atomic E-state index is 0.0393. The molecule has 2 aromatic heterocycles. The Morgan fingerprint density at radius 2 is 2.07 bits per heavy atom. The van der Waals surface area contributed by atoms with Crippen LogP contribution in [-0.2, 0) is 6.54 Å². The van der Waals surface area contributed by atoms with Crippen LogP contribution in [0.1, 0.15) is 21.7 Å². The van der Waals surface area contributed by atoms with Gasteiger partial charge in [-0.25, -0.2) is 0 Å². The van der Waals surface area contributed by atoms with Crippen molar-refractivity contribution in [3.8, 4) is 16.5 Å². The van der Waals surface area contributed by atoms with E-state index in [0.717, 1.165) is 29.3 Å². The maximum atomic E-state index is 12.8. The number of carbonyl (C=O) groups is 1. The van der Waals surface area contributed by atoms with Crippen molar-refractivity contribution >= 4 is 17.2 Å². The van der Waals surface area contributed by atoms with E-state index in [1.54, 1.807) is 18.4 Å². The van der Waals surface area contributed by atoms with Crippen molar-refractivity contribution in [1.29, 1.82) is 0 Å². The van der Waals surface area contributed by atoms with Crippen molar-refractivity contribution in [2.24, 2.45) is 0 Å². The number of aromatic nitrogens is 2. The van der Waals surface area contributed by atoms with Crippen molar-refractivity contribution in [2.75, 3.05) is 33.3 Å². The summed E-state index contributed by atoms with van der Waals surface area (Å²) in [5.41, 5.74) is 1.68. The molecule has 0 aliphatic carbocycles. The quantitative estimate of drug-likeness (QED) is 0.658. The Morgan fingerprint density at radius 3 is 2.79 bits per heavy atom. The van der Waals surface area contributed by atoms with E-state index in [1.165, 1.54) is 0 Å². The number of hydrogen-bond donors (Lipinski definition) is 0. The third-order valence-electron chi connectivity index (χ3n) is 4.88. The minimum atomic E-state index is 0.0393. The highest BCUT2D eigenvalue weighted by atomic mass is 32.1. The van der Waals surface area contributed by atoms with Crippen LogP contribution in [0.4, 0.5) is 0 Å². The van der Waals surface area contributed by atoms with Gasteiger partial charge in [0.2, 0.25) is 0 Å². The molecule has 1 fully saturated rings. The molecule has 0 atom stereocenters. The summed E-state index contributed by atoms with van der Waals surface area (Å²) in [6.45, 7) is 5.48. The number of methoxy groups -OCH3 is 1. The number of hydrogen-bond acceptors (Lipinski definition) is 7. The molecule has 146 valence electrons. The second-order valence-electron chi connectivity index (χ2n) is 6.75. The first kappa shape index (κ1) is 18.6. The SMILES string of the molecule is COc1cc(C(=O)N2CCN(Cc3noc(-c4cccs4)n3)CC2)ccc1C. The average molecular weight is 398 g/mol. The Balaban J connectivity index is 1.34. The third kappa shape index (κ3) is 3.93. The van der Waals surface area contributed by atoms with E-state index in [1.807, 2.05) is 47.5 Å². The molecule has 0 saturated carbocycles. The molecule has 1 amide bonds. The number of thiophene rings is 1. The van der Waals surface area contributed by atoms with E-state index in [4.69, 9.17) is 9.26 Å². The predicted octanol–water partition coefficient (Wildman–Crippen LogP) is 3.07. The lowest BCUT2D eigenvalue weighted by molar-refractivity contribution is 0.0624. The van der Waals surface area contributed by atoms with Gasteiger partial charge in [-0.2, -0.15) is 4.98 Å². The van der Waals surface area contributed by atoms with Crippen LogP contribution < -0.4 is 4.74 Å².